The molecule has 0 rings (SSSR count). The summed E-state index contributed by atoms with van der Waals surface area (Å²) in [6, 6.07) is 0. The lowest BCUT2D eigenvalue weighted by atomic mass is 10.0. The molecule has 0 aromatic carbocycles. The molecule has 0 aromatic rings. The maximum atomic E-state index is 12.0. The minimum atomic E-state index is -4.92. The molecule has 0 heterocycles. The van der Waals surface area contributed by atoms with Gasteiger partial charge in [0.15, 0.2) is 0 Å². The fraction of sp³-hybridized carbons (Fsp3) is 0.833. The Hall–Kier alpha value is -0.490. The summed E-state index contributed by atoms with van der Waals surface area (Å²) in [4.78, 5) is 0. The Labute approximate surface area is 69.7 Å². The monoisotopic (exact) mass is 211 g/mol. The van der Waals surface area contributed by atoms with Crippen LogP contribution in [-0.4, -0.2) is 18.5 Å². The quantitative estimate of drug-likeness (QED) is 0.628. The zero-order valence-electron chi connectivity index (χ0n) is 6.38. The first-order valence-corrected chi connectivity index (χ1v) is 3.16. The fourth-order valence-electron chi connectivity index (χ4n) is 0.501. The summed E-state index contributed by atoms with van der Waals surface area (Å²) in [5.74, 6) is -7.26. The Kier molecular flexibility index (Phi) is 3.57. The van der Waals surface area contributed by atoms with Crippen molar-refractivity contribution < 1.29 is 30.7 Å². The number of rotatable bonds is 3. The predicted octanol–water partition coefficient (Wildman–Crippen LogP) is 3.29. The van der Waals surface area contributed by atoms with Gasteiger partial charge in [0.1, 0.15) is 0 Å². The summed E-state index contributed by atoms with van der Waals surface area (Å²) in [5, 5.41) is 0. The molecule has 0 saturated carbocycles. The molecule has 0 N–H and O–H groups in total. The maximum Gasteiger partial charge on any atom is 0.392 e. The van der Waals surface area contributed by atoms with Gasteiger partial charge in [-0.05, 0) is 0 Å². The molecule has 79 valence electrons. The molecule has 0 amide bonds. The molecule has 0 spiro atoms. The first-order chi connectivity index (χ1) is 5.57. The van der Waals surface area contributed by atoms with Crippen LogP contribution in [0, 0.1) is 12.3 Å². The first-order valence-electron chi connectivity index (χ1n) is 3.16. The Bertz CT molecular complexity index is 159. The lowest BCUT2D eigenvalue weighted by Crippen LogP contribution is -2.34. The van der Waals surface area contributed by atoms with Crippen LogP contribution in [0.5, 0.6) is 0 Å². The topological polar surface area (TPSA) is 0 Å². The van der Waals surface area contributed by atoms with Gasteiger partial charge in [0, 0.05) is 6.42 Å². The van der Waals surface area contributed by atoms with Crippen molar-refractivity contribution in [3.8, 4) is 0 Å². The smallest absolute Gasteiger partial charge is 0.204 e. The summed E-state index contributed by atoms with van der Waals surface area (Å²) >= 11 is 0. The molecule has 0 fully saturated rings. The average molecular weight is 211 g/mol. The second-order valence-electron chi connectivity index (χ2n) is 2.47. The Morgan fingerprint density at radius 3 is 1.62 bits per heavy atom. The minimum Gasteiger partial charge on any atom is -0.204 e. The van der Waals surface area contributed by atoms with Crippen LogP contribution in [0.15, 0.2) is 0 Å². The highest BCUT2D eigenvalue weighted by molar-refractivity contribution is 4.92. The second kappa shape index (κ2) is 3.71. The first kappa shape index (κ1) is 12.5. The van der Waals surface area contributed by atoms with Gasteiger partial charge >= 0.3 is 18.5 Å². The molecule has 1 atom stereocenters. The summed E-state index contributed by atoms with van der Waals surface area (Å²) < 4.78 is 81.8. The van der Waals surface area contributed by atoms with Gasteiger partial charge in [0.2, 0.25) is 0 Å². The van der Waals surface area contributed by atoms with Crippen molar-refractivity contribution in [1.29, 1.82) is 0 Å². The third-order valence-electron chi connectivity index (χ3n) is 1.28. The van der Waals surface area contributed by atoms with Crippen LogP contribution in [0.1, 0.15) is 6.92 Å². The predicted molar refractivity (Wildman–Crippen MR) is 30.5 cm³/mol. The van der Waals surface area contributed by atoms with E-state index in [0.717, 1.165) is 0 Å². The lowest BCUT2D eigenvalue weighted by Gasteiger charge is -2.21. The van der Waals surface area contributed by atoms with Crippen molar-refractivity contribution in [3.05, 3.63) is 6.42 Å². The molecule has 7 heteroatoms. The molecule has 0 aliphatic rings. The normalized spacial score (nSPS) is 16.4. The summed E-state index contributed by atoms with van der Waals surface area (Å²) in [5.41, 5.74) is 0. The second-order valence-corrected chi connectivity index (χ2v) is 2.47. The van der Waals surface area contributed by atoms with Crippen LogP contribution >= 0.6 is 0 Å². The van der Waals surface area contributed by atoms with Crippen LogP contribution in [0.4, 0.5) is 30.7 Å². The molecular formula is C6H6F7. The van der Waals surface area contributed by atoms with Crippen molar-refractivity contribution in [3.63, 3.8) is 0 Å². The van der Waals surface area contributed by atoms with Gasteiger partial charge < -0.3 is 0 Å². The number of hydrogen-bond acceptors (Lipinski definition) is 0. The molecule has 0 aliphatic carbocycles. The van der Waals surface area contributed by atoms with E-state index in [-0.39, 0.29) is 0 Å². The SMILES string of the molecule is CC([CH]C(F)(F)C(F)F)C(F)(F)F. The van der Waals surface area contributed by atoms with E-state index in [1.165, 1.54) is 0 Å². The van der Waals surface area contributed by atoms with E-state index >= 15 is 0 Å². The van der Waals surface area contributed by atoms with Crippen LogP contribution in [0.25, 0.3) is 0 Å². The lowest BCUT2D eigenvalue weighted by molar-refractivity contribution is -0.181. The third-order valence-corrected chi connectivity index (χ3v) is 1.28. The van der Waals surface area contributed by atoms with Crippen LogP contribution in [0.2, 0.25) is 0 Å². The van der Waals surface area contributed by atoms with E-state index in [9.17, 15) is 30.7 Å². The summed E-state index contributed by atoms with van der Waals surface area (Å²) in [7, 11) is 0. The summed E-state index contributed by atoms with van der Waals surface area (Å²) in [6.07, 6.45) is -9.73. The molecule has 0 nitrogen and oxygen atoms in total. The van der Waals surface area contributed by atoms with Gasteiger partial charge in [0.25, 0.3) is 0 Å². The van der Waals surface area contributed by atoms with Crippen molar-refractivity contribution in [1.82, 2.24) is 0 Å². The van der Waals surface area contributed by atoms with E-state index in [1.54, 1.807) is 0 Å². The molecule has 0 bridgehead atoms. The zero-order valence-corrected chi connectivity index (χ0v) is 6.38. The van der Waals surface area contributed by atoms with E-state index in [0.29, 0.717) is 6.92 Å². The zero-order chi connectivity index (χ0) is 10.9. The van der Waals surface area contributed by atoms with Gasteiger partial charge in [-0.1, -0.05) is 6.92 Å². The molecule has 13 heavy (non-hydrogen) atoms. The fourth-order valence-corrected chi connectivity index (χ4v) is 0.501. The van der Waals surface area contributed by atoms with Gasteiger partial charge in [-0.3, -0.25) is 0 Å². The molecule has 0 aromatic heterocycles. The average Bonchev–Trinajstić information content (AvgIpc) is 1.83. The van der Waals surface area contributed by atoms with Crippen LogP contribution < -0.4 is 0 Å². The van der Waals surface area contributed by atoms with E-state index < -0.39 is 30.9 Å². The Morgan fingerprint density at radius 1 is 1.00 bits per heavy atom. The molecule has 1 radical (unpaired) electrons. The Morgan fingerprint density at radius 2 is 1.38 bits per heavy atom. The number of halogens is 7. The highest BCUT2D eigenvalue weighted by Gasteiger charge is 2.48. The third kappa shape index (κ3) is 3.82. The molecule has 0 aliphatic heterocycles. The van der Waals surface area contributed by atoms with Gasteiger partial charge in [-0.2, -0.15) is 22.0 Å². The number of alkyl halides is 7. The minimum absolute atomic E-state index is 0.385. The van der Waals surface area contributed by atoms with E-state index in [2.05, 4.69) is 0 Å². The van der Waals surface area contributed by atoms with Gasteiger partial charge in [-0.25, -0.2) is 8.78 Å². The largest absolute Gasteiger partial charge is 0.392 e. The van der Waals surface area contributed by atoms with Crippen molar-refractivity contribution in [2.45, 2.75) is 25.4 Å². The van der Waals surface area contributed by atoms with Crippen molar-refractivity contribution >= 4 is 0 Å². The highest BCUT2D eigenvalue weighted by atomic mass is 19.4. The Balaban J connectivity index is 4.28. The van der Waals surface area contributed by atoms with Gasteiger partial charge in [-0.15, -0.1) is 0 Å². The van der Waals surface area contributed by atoms with E-state index in [4.69, 9.17) is 0 Å². The van der Waals surface area contributed by atoms with Gasteiger partial charge in [0.05, 0.1) is 5.92 Å². The summed E-state index contributed by atoms with van der Waals surface area (Å²) in [6.45, 7) is 0.385. The van der Waals surface area contributed by atoms with Crippen molar-refractivity contribution in [2.24, 2.45) is 5.92 Å². The van der Waals surface area contributed by atoms with E-state index in [1.807, 2.05) is 0 Å². The molecular weight excluding hydrogens is 205 g/mol. The van der Waals surface area contributed by atoms with Crippen molar-refractivity contribution in [2.75, 3.05) is 0 Å². The highest BCUT2D eigenvalue weighted by Crippen LogP contribution is 2.36. The number of hydrogen-bond donors (Lipinski definition) is 0. The maximum absolute atomic E-state index is 12.0. The van der Waals surface area contributed by atoms with Crippen LogP contribution in [-0.2, 0) is 0 Å². The van der Waals surface area contributed by atoms with Crippen LogP contribution in [0.3, 0.4) is 0 Å². The standard InChI is InChI=1S/C6H6F7/c1-3(6(11,12)13)2-5(9,10)4(7)8/h2-4H,1H3. The molecule has 1 unspecified atom stereocenters. The molecule has 0 saturated heterocycles.